The number of thiazole rings is 2. The molecule has 2 aromatic heterocycles. The number of carbonyl (C=O) groups is 1. The Morgan fingerprint density at radius 2 is 1.81 bits per heavy atom. The van der Waals surface area contributed by atoms with Crippen LogP contribution in [0, 0.1) is 6.92 Å². The molecule has 0 aliphatic heterocycles. The van der Waals surface area contributed by atoms with Crippen LogP contribution in [0.1, 0.15) is 10.7 Å². The molecule has 0 atom stereocenters. The lowest BCUT2D eigenvalue weighted by molar-refractivity contribution is -0.115. The molecular formula is C23H21N3O3S2. The Bertz CT molecular complexity index is 1220. The molecule has 0 unspecified atom stereocenters. The number of nitrogens with zero attached hydrogens (tertiary/aromatic N) is 2. The molecule has 8 heteroatoms. The van der Waals surface area contributed by atoms with Crippen molar-refractivity contribution in [3.63, 3.8) is 0 Å². The molecule has 1 N–H and O–H groups in total. The van der Waals surface area contributed by atoms with E-state index in [4.69, 9.17) is 9.47 Å². The van der Waals surface area contributed by atoms with Crippen LogP contribution in [0.3, 0.4) is 0 Å². The van der Waals surface area contributed by atoms with E-state index in [0.717, 1.165) is 38.2 Å². The van der Waals surface area contributed by atoms with Crippen LogP contribution in [0.2, 0.25) is 0 Å². The Labute approximate surface area is 188 Å². The molecule has 0 aliphatic rings. The van der Waals surface area contributed by atoms with Crippen molar-refractivity contribution in [2.24, 2.45) is 0 Å². The second-order valence-corrected chi connectivity index (χ2v) is 8.69. The van der Waals surface area contributed by atoms with Crippen molar-refractivity contribution in [1.29, 1.82) is 0 Å². The van der Waals surface area contributed by atoms with Gasteiger partial charge in [0.25, 0.3) is 0 Å². The number of amides is 1. The molecule has 0 bridgehead atoms. The zero-order chi connectivity index (χ0) is 21.8. The Morgan fingerprint density at radius 3 is 2.55 bits per heavy atom. The Hall–Kier alpha value is -3.23. The van der Waals surface area contributed by atoms with Gasteiger partial charge in [-0.25, -0.2) is 9.97 Å². The zero-order valence-corrected chi connectivity index (χ0v) is 19.0. The molecular weight excluding hydrogens is 430 g/mol. The maximum atomic E-state index is 12.6. The van der Waals surface area contributed by atoms with Crippen LogP contribution in [-0.4, -0.2) is 30.1 Å². The number of methoxy groups -OCH3 is 2. The van der Waals surface area contributed by atoms with E-state index in [9.17, 15) is 4.79 Å². The average molecular weight is 452 g/mol. The smallest absolute Gasteiger partial charge is 0.230 e. The molecule has 31 heavy (non-hydrogen) atoms. The van der Waals surface area contributed by atoms with Gasteiger partial charge in [0, 0.05) is 27.6 Å². The number of anilines is 1. The summed E-state index contributed by atoms with van der Waals surface area (Å²) in [6.45, 7) is 1.98. The SMILES string of the molecule is COc1ccc(-c2nc(CC(=O)Nc3cccc(-c4csc(C)n4)c3)cs2)cc1OC. The summed E-state index contributed by atoms with van der Waals surface area (Å²) in [5, 5.41) is 8.71. The van der Waals surface area contributed by atoms with Crippen LogP contribution >= 0.6 is 22.7 Å². The highest BCUT2D eigenvalue weighted by Gasteiger charge is 2.12. The van der Waals surface area contributed by atoms with E-state index in [1.807, 2.05) is 60.1 Å². The first-order valence-corrected chi connectivity index (χ1v) is 11.3. The Balaban J connectivity index is 1.44. The van der Waals surface area contributed by atoms with Crippen LogP contribution in [0.5, 0.6) is 11.5 Å². The number of hydrogen-bond donors (Lipinski definition) is 1. The fourth-order valence-corrected chi connectivity index (χ4v) is 4.55. The first kappa shape index (κ1) is 21.0. The predicted octanol–water partition coefficient (Wildman–Crippen LogP) is 5.44. The molecule has 0 aliphatic carbocycles. The van der Waals surface area contributed by atoms with Gasteiger partial charge in [0.15, 0.2) is 11.5 Å². The fourth-order valence-electron chi connectivity index (χ4n) is 3.11. The molecule has 0 saturated carbocycles. The largest absolute Gasteiger partial charge is 0.493 e. The fraction of sp³-hybridized carbons (Fsp3) is 0.174. The van der Waals surface area contributed by atoms with Gasteiger partial charge in [-0.15, -0.1) is 22.7 Å². The minimum absolute atomic E-state index is 0.115. The third-order valence-corrected chi connectivity index (χ3v) is 6.30. The number of aromatic nitrogens is 2. The second kappa shape index (κ2) is 9.28. The minimum Gasteiger partial charge on any atom is -0.493 e. The Kier molecular flexibility index (Phi) is 6.29. The number of nitrogens with one attached hydrogen (secondary N) is 1. The minimum atomic E-state index is -0.115. The van der Waals surface area contributed by atoms with Crippen molar-refractivity contribution < 1.29 is 14.3 Å². The molecule has 0 radical (unpaired) electrons. The third kappa shape index (κ3) is 4.92. The van der Waals surface area contributed by atoms with E-state index in [1.54, 1.807) is 25.6 Å². The van der Waals surface area contributed by atoms with Gasteiger partial charge >= 0.3 is 0 Å². The van der Waals surface area contributed by atoms with Gasteiger partial charge in [0.2, 0.25) is 5.91 Å². The third-order valence-electron chi connectivity index (χ3n) is 4.59. The van der Waals surface area contributed by atoms with Crippen molar-refractivity contribution in [1.82, 2.24) is 9.97 Å². The monoisotopic (exact) mass is 451 g/mol. The normalized spacial score (nSPS) is 10.7. The molecule has 4 rings (SSSR count). The summed E-state index contributed by atoms with van der Waals surface area (Å²) in [5.74, 6) is 1.19. The number of benzene rings is 2. The maximum absolute atomic E-state index is 12.6. The molecule has 2 aromatic carbocycles. The standard InChI is InChI=1S/C23H21N3O3S2/c1-14-24-19(13-30-14)15-5-4-6-17(9-15)25-22(27)11-18-12-31-23(26-18)16-7-8-20(28-2)21(10-16)29-3/h4-10,12-13H,11H2,1-3H3,(H,25,27). The summed E-state index contributed by atoms with van der Waals surface area (Å²) in [5.41, 5.74) is 4.27. The molecule has 2 heterocycles. The van der Waals surface area contributed by atoms with Crippen molar-refractivity contribution in [2.45, 2.75) is 13.3 Å². The highest BCUT2D eigenvalue weighted by Crippen LogP contribution is 2.33. The predicted molar refractivity (Wildman–Crippen MR) is 125 cm³/mol. The van der Waals surface area contributed by atoms with Gasteiger partial charge in [-0.2, -0.15) is 0 Å². The van der Waals surface area contributed by atoms with Crippen LogP contribution in [-0.2, 0) is 11.2 Å². The highest BCUT2D eigenvalue weighted by molar-refractivity contribution is 7.13. The number of ether oxygens (including phenoxy) is 2. The summed E-state index contributed by atoms with van der Waals surface area (Å²) in [6.07, 6.45) is 0.198. The van der Waals surface area contributed by atoms with E-state index in [0.29, 0.717) is 11.5 Å². The van der Waals surface area contributed by atoms with Gasteiger partial charge < -0.3 is 14.8 Å². The molecule has 6 nitrogen and oxygen atoms in total. The van der Waals surface area contributed by atoms with Gasteiger partial charge in [0.1, 0.15) is 5.01 Å². The maximum Gasteiger partial charge on any atom is 0.230 e. The summed E-state index contributed by atoms with van der Waals surface area (Å²) in [6, 6.07) is 13.4. The topological polar surface area (TPSA) is 73.3 Å². The van der Waals surface area contributed by atoms with Crippen LogP contribution in [0.4, 0.5) is 5.69 Å². The second-order valence-electron chi connectivity index (χ2n) is 6.77. The molecule has 0 spiro atoms. The molecule has 1 amide bonds. The quantitative estimate of drug-likeness (QED) is 0.405. The summed E-state index contributed by atoms with van der Waals surface area (Å²) in [4.78, 5) is 21.7. The summed E-state index contributed by atoms with van der Waals surface area (Å²) < 4.78 is 10.6. The van der Waals surface area contributed by atoms with Gasteiger partial charge in [-0.1, -0.05) is 12.1 Å². The number of carbonyl (C=O) groups excluding carboxylic acids is 1. The van der Waals surface area contributed by atoms with Gasteiger partial charge in [-0.05, 0) is 37.3 Å². The Morgan fingerprint density at radius 1 is 0.968 bits per heavy atom. The average Bonchev–Trinajstić information content (AvgIpc) is 3.42. The summed E-state index contributed by atoms with van der Waals surface area (Å²) in [7, 11) is 3.20. The zero-order valence-electron chi connectivity index (χ0n) is 17.3. The van der Waals surface area contributed by atoms with Crippen LogP contribution in [0.25, 0.3) is 21.8 Å². The lowest BCUT2D eigenvalue weighted by Gasteiger charge is -2.08. The molecule has 0 saturated heterocycles. The van der Waals surface area contributed by atoms with Gasteiger partial charge in [-0.3, -0.25) is 4.79 Å². The lowest BCUT2D eigenvalue weighted by Crippen LogP contribution is -2.14. The van der Waals surface area contributed by atoms with E-state index in [2.05, 4.69) is 15.3 Å². The number of aryl methyl sites for hydroxylation is 1. The molecule has 158 valence electrons. The van der Waals surface area contributed by atoms with Crippen molar-refractivity contribution >= 4 is 34.3 Å². The lowest BCUT2D eigenvalue weighted by atomic mass is 10.1. The van der Waals surface area contributed by atoms with E-state index < -0.39 is 0 Å². The van der Waals surface area contributed by atoms with Crippen molar-refractivity contribution in [3.8, 4) is 33.3 Å². The van der Waals surface area contributed by atoms with Crippen molar-refractivity contribution in [3.05, 3.63) is 63.9 Å². The van der Waals surface area contributed by atoms with E-state index in [1.165, 1.54) is 11.3 Å². The molecule has 0 fully saturated rings. The number of rotatable bonds is 7. The summed E-state index contributed by atoms with van der Waals surface area (Å²) >= 11 is 3.10. The van der Waals surface area contributed by atoms with Crippen LogP contribution < -0.4 is 14.8 Å². The molecule has 4 aromatic rings. The first-order chi connectivity index (χ1) is 15.1. The van der Waals surface area contributed by atoms with E-state index >= 15 is 0 Å². The first-order valence-electron chi connectivity index (χ1n) is 9.55. The number of hydrogen-bond acceptors (Lipinski definition) is 7. The van der Waals surface area contributed by atoms with Crippen LogP contribution in [0.15, 0.2) is 53.2 Å². The highest BCUT2D eigenvalue weighted by atomic mass is 32.1. The van der Waals surface area contributed by atoms with Crippen molar-refractivity contribution in [2.75, 3.05) is 19.5 Å². The van der Waals surface area contributed by atoms with Gasteiger partial charge in [0.05, 0.1) is 37.0 Å². The van der Waals surface area contributed by atoms with E-state index in [-0.39, 0.29) is 12.3 Å².